The Morgan fingerprint density at radius 1 is 1.05 bits per heavy atom. The van der Waals surface area contributed by atoms with E-state index in [4.69, 9.17) is 10.2 Å². The van der Waals surface area contributed by atoms with Crippen LogP contribution < -0.4 is 5.32 Å². The van der Waals surface area contributed by atoms with Gasteiger partial charge in [0.15, 0.2) is 0 Å². The molecule has 0 saturated heterocycles. The molecule has 3 N–H and O–H groups in total. The lowest BCUT2D eigenvalue weighted by atomic mass is 9.76. The average molecular weight is 299 g/mol. The van der Waals surface area contributed by atoms with Gasteiger partial charge in [0.2, 0.25) is 5.91 Å². The summed E-state index contributed by atoms with van der Waals surface area (Å²) in [7, 11) is 0. The van der Waals surface area contributed by atoms with E-state index in [1.165, 1.54) is 0 Å². The summed E-state index contributed by atoms with van der Waals surface area (Å²) in [4.78, 5) is 55.2. The van der Waals surface area contributed by atoms with E-state index in [9.17, 15) is 24.0 Å². The third kappa shape index (κ3) is 4.97. The highest BCUT2D eigenvalue weighted by Crippen LogP contribution is 2.31. The predicted octanol–water partition coefficient (Wildman–Crippen LogP) is -0.539. The highest BCUT2D eigenvalue weighted by molar-refractivity contribution is 5.88. The van der Waals surface area contributed by atoms with Crippen LogP contribution in [0.1, 0.15) is 25.7 Å². The Hall–Kier alpha value is -2.25. The Bertz CT molecular complexity index is 432. The molecule has 1 aliphatic carbocycles. The molecule has 0 heterocycles. The normalized spacial score (nSPS) is 26.4. The summed E-state index contributed by atoms with van der Waals surface area (Å²) in [6.07, 6.45) is 1.48. The predicted molar refractivity (Wildman–Crippen MR) is 68.3 cm³/mol. The molecule has 0 aliphatic heterocycles. The summed E-state index contributed by atoms with van der Waals surface area (Å²) >= 11 is 0. The molecule has 116 valence electrons. The molecule has 1 saturated carbocycles. The van der Waals surface area contributed by atoms with Gasteiger partial charge in [0.25, 0.3) is 0 Å². The highest BCUT2D eigenvalue weighted by atomic mass is 16.4. The van der Waals surface area contributed by atoms with Crippen LogP contribution in [0.2, 0.25) is 0 Å². The maximum atomic E-state index is 12.0. The second-order valence-electron chi connectivity index (χ2n) is 5.19. The summed E-state index contributed by atoms with van der Waals surface area (Å²) in [5.41, 5.74) is 0. The molecule has 0 aromatic carbocycles. The van der Waals surface area contributed by atoms with Crippen LogP contribution in [-0.4, -0.2) is 46.7 Å². The molecule has 1 amide bonds. The first-order valence-electron chi connectivity index (χ1n) is 6.52. The monoisotopic (exact) mass is 299 g/mol. The molecule has 8 heteroatoms. The van der Waals surface area contributed by atoms with Crippen molar-refractivity contribution in [3.8, 4) is 0 Å². The van der Waals surface area contributed by atoms with E-state index >= 15 is 0 Å². The average Bonchev–Trinajstić information content (AvgIpc) is 2.45. The lowest BCUT2D eigenvalue weighted by Gasteiger charge is -2.29. The van der Waals surface area contributed by atoms with Gasteiger partial charge in [0, 0.05) is 17.8 Å². The topological polar surface area (TPSA) is 138 Å². The van der Waals surface area contributed by atoms with Crippen LogP contribution >= 0.6 is 0 Å². The fraction of sp³-hybridized carbons (Fsp3) is 0.615. The smallest absolute Gasteiger partial charge is 0.326 e. The zero-order valence-electron chi connectivity index (χ0n) is 11.2. The molecule has 0 radical (unpaired) electrons. The summed E-state index contributed by atoms with van der Waals surface area (Å²) in [5.74, 6) is -4.94. The summed E-state index contributed by atoms with van der Waals surface area (Å²) in [6.45, 7) is 0. The number of carbonyl (C=O) groups is 5. The summed E-state index contributed by atoms with van der Waals surface area (Å²) in [6, 6.07) is -1.53. The maximum Gasteiger partial charge on any atom is 0.326 e. The molecule has 0 bridgehead atoms. The van der Waals surface area contributed by atoms with Crippen molar-refractivity contribution in [2.45, 2.75) is 31.7 Å². The zero-order chi connectivity index (χ0) is 16.0. The quantitative estimate of drug-likeness (QED) is 0.537. The van der Waals surface area contributed by atoms with Gasteiger partial charge in [-0.2, -0.15) is 0 Å². The van der Waals surface area contributed by atoms with Gasteiger partial charge in [-0.25, -0.2) is 4.79 Å². The van der Waals surface area contributed by atoms with E-state index in [0.29, 0.717) is 19.0 Å². The molecular formula is C13H17NO7. The molecule has 8 nitrogen and oxygen atoms in total. The number of amides is 1. The number of rotatable bonds is 7. The number of carbonyl (C=O) groups excluding carboxylic acids is 3. The Balaban J connectivity index is 2.71. The minimum Gasteiger partial charge on any atom is -0.481 e. The second kappa shape index (κ2) is 7.51. The summed E-state index contributed by atoms with van der Waals surface area (Å²) in [5, 5.41) is 19.6. The van der Waals surface area contributed by atoms with E-state index in [2.05, 4.69) is 5.32 Å². The van der Waals surface area contributed by atoms with E-state index < -0.39 is 48.1 Å². The minimum atomic E-state index is -1.53. The van der Waals surface area contributed by atoms with Crippen molar-refractivity contribution in [3.05, 3.63) is 0 Å². The lowest BCUT2D eigenvalue weighted by molar-refractivity contribution is -0.148. The van der Waals surface area contributed by atoms with Crippen molar-refractivity contribution in [2.75, 3.05) is 0 Å². The minimum absolute atomic E-state index is 0.235. The van der Waals surface area contributed by atoms with Crippen LogP contribution in [0.15, 0.2) is 0 Å². The summed E-state index contributed by atoms with van der Waals surface area (Å²) < 4.78 is 0. The van der Waals surface area contributed by atoms with Crippen LogP contribution in [0, 0.1) is 17.8 Å². The number of carboxylic acids is 2. The van der Waals surface area contributed by atoms with Crippen molar-refractivity contribution < 1.29 is 34.2 Å². The number of carboxylic acid groups (broad SMARTS) is 2. The van der Waals surface area contributed by atoms with E-state index in [-0.39, 0.29) is 12.8 Å². The SMILES string of the molecule is O=C[C@@H]1CC(C(=O)NC(CC(=O)O)C(=O)O)C[C@H](C=O)C1. The van der Waals surface area contributed by atoms with Gasteiger partial charge in [-0.3, -0.25) is 9.59 Å². The third-order valence-electron chi connectivity index (χ3n) is 3.53. The van der Waals surface area contributed by atoms with Crippen LogP contribution in [0.5, 0.6) is 0 Å². The van der Waals surface area contributed by atoms with Gasteiger partial charge in [0.05, 0.1) is 6.42 Å². The van der Waals surface area contributed by atoms with Crippen molar-refractivity contribution in [3.63, 3.8) is 0 Å². The molecule has 1 aliphatic rings. The lowest BCUT2D eigenvalue weighted by Crippen LogP contribution is -2.46. The molecule has 0 spiro atoms. The van der Waals surface area contributed by atoms with E-state index in [1.54, 1.807) is 0 Å². The number of aliphatic carboxylic acids is 2. The maximum absolute atomic E-state index is 12.0. The molecule has 0 aromatic heterocycles. The molecule has 4 atom stereocenters. The number of hydrogen-bond donors (Lipinski definition) is 3. The molecular weight excluding hydrogens is 282 g/mol. The van der Waals surface area contributed by atoms with E-state index in [0.717, 1.165) is 0 Å². The highest BCUT2D eigenvalue weighted by Gasteiger charge is 2.34. The fourth-order valence-corrected chi connectivity index (χ4v) is 2.51. The van der Waals surface area contributed by atoms with Crippen LogP contribution in [0.4, 0.5) is 0 Å². The Kier molecular flexibility index (Phi) is 6.01. The van der Waals surface area contributed by atoms with Crippen LogP contribution in [0.25, 0.3) is 0 Å². The Labute approximate surface area is 120 Å². The Morgan fingerprint density at radius 3 is 1.95 bits per heavy atom. The molecule has 0 aromatic rings. The first-order valence-corrected chi connectivity index (χ1v) is 6.52. The molecule has 2 unspecified atom stereocenters. The van der Waals surface area contributed by atoms with Crippen LogP contribution in [-0.2, 0) is 24.0 Å². The van der Waals surface area contributed by atoms with Gasteiger partial charge in [-0.15, -0.1) is 0 Å². The van der Waals surface area contributed by atoms with Crippen molar-refractivity contribution in [1.82, 2.24) is 5.32 Å². The fourth-order valence-electron chi connectivity index (χ4n) is 2.51. The third-order valence-corrected chi connectivity index (χ3v) is 3.53. The van der Waals surface area contributed by atoms with Gasteiger partial charge < -0.3 is 25.1 Å². The largest absolute Gasteiger partial charge is 0.481 e. The molecule has 1 fully saturated rings. The number of nitrogens with one attached hydrogen (secondary N) is 1. The van der Waals surface area contributed by atoms with Gasteiger partial charge in [-0.1, -0.05) is 0 Å². The van der Waals surface area contributed by atoms with Gasteiger partial charge >= 0.3 is 11.9 Å². The second-order valence-corrected chi connectivity index (χ2v) is 5.19. The van der Waals surface area contributed by atoms with Gasteiger partial charge in [0.1, 0.15) is 18.6 Å². The first kappa shape index (κ1) is 16.8. The van der Waals surface area contributed by atoms with Gasteiger partial charge in [-0.05, 0) is 19.3 Å². The first-order chi connectivity index (χ1) is 9.87. The van der Waals surface area contributed by atoms with Crippen LogP contribution in [0.3, 0.4) is 0 Å². The van der Waals surface area contributed by atoms with Crippen molar-refractivity contribution >= 4 is 30.4 Å². The standard InChI is InChI=1S/C13H17NO7/c15-5-7-1-8(6-16)3-9(2-7)12(19)14-10(13(20)21)4-11(17)18/h5-10H,1-4H2,(H,14,19)(H,17,18)(H,20,21)/t7-,8+,9?,10?. The van der Waals surface area contributed by atoms with E-state index in [1.807, 2.05) is 0 Å². The van der Waals surface area contributed by atoms with Crippen molar-refractivity contribution in [2.24, 2.45) is 17.8 Å². The number of aldehydes is 2. The number of hydrogen-bond acceptors (Lipinski definition) is 5. The zero-order valence-corrected chi connectivity index (χ0v) is 11.2. The molecule has 21 heavy (non-hydrogen) atoms. The Morgan fingerprint density at radius 2 is 1.57 bits per heavy atom. The molecule has 1 rings (SSSR count). The van der Waals surface area contributed by atoms with Crippen molar-refractivity contribution in [1.29, 1.82) is 0 Å².